The summed E-state index contributed by atoms with van der Waals surface area (Å²) < 4.78 is 11.6. The summed E-state index contributed by atoms with van der Waals surface area (Å²) in [4.78, 5) is 14.1. The highest BCUT2D eigenvalue weighted by Crippen LogP contribution is 2.33. The van der Waals surface area contributed by atoms with E-state index in [2.05, 4.69) is 24.4 Å². The molecule has 0 bridgehead atoms. The SMILES string of the molecule is C[C@H]1CCCC[C@@H]1NC(=O)C[NH+]1CCC[C@@H]1c1ccc2c(c1)OCCCO2. The number of carbonyl (C=O) groups is 1. The molecular formula is C22H33N2O3+. The lowest BCUT2D eigenvalue weighted by Crippen LogP contribution is -3.11. The van der Waals surface area contributed by atoms with Crippen molar-refractivity contribution in [2.45, 2.75) is 64.0 Å². The second kappa shape index (κ2) is 8.51. The Labute approximate surface area is 162 Å². The maximum atomic E-state index is 12.7. The Bertz CT molecular complexity index is 663. The van der Waals surface area contributed by atoms with E-state index in [1.807, 2.05) is 6.07 Å². The molecule has 0 radical (unpaired) electrons. The van der Waals surface area contributed by atoms with Crippen LogP contribution in [-0.4, -0.2) is 38.3 Å². The lowest BCUT2D eigenvalue weighted by atomic mass is 9.86. The van der Waals surface area contributed by atoms with Gasteiger partial charge in [0.25, 0.3) is 5.91 Å². The molecule has 1 unspecified atom stereocenters. The number of ether oxygens (including phenoxy) is 2. The molecule has 0 aromatic heterocycles. The lowest BCUT2D eigenvalue weighted by Gasteiger charge is -2.30. The summed E-state index contributed by atoms with van der Waals surface area (Å²) in [7, 11) is 0. The molecule has 1 saturated carbocycles. The van der Waals surface area contributed by atoms with Gasteiger partial charge in [-0.3, -0.25) is 4.79 Å². The third-order valence-corrected chi connectivity index (χ3v) is 6.50. The van der Waals surface area contributed by atoms with Crippen molar-refractivity contribution in [3.8, 4) is 11.5 Å². The number of nitrogens with one attached hydrogen (secondary N) is 2. The van der Waals surface area contributed by atoms with Crippen molar-refractivity contribution in [2.75, 3.05) is 26.3 Å². The molecule has 27 heavy (non-hydrogen) atoms. The highest BCUT2D eigenvalue weighted by molar-refractivity contribution is 5.77. The second-order valence-corrected chi connectivity index (χ2v) is 8.47. The van der Waals surface area contributed by atoms with Gasteiger partial charge in [0.15, 0.2) is 18.0 Å². The molecule has 4 rings (SSSR count). The fourth-order valence-corrected chi connectivity index (χ4v) is 4.92. The van der Waals surface area contributed by atoms with Crippen LogP contribution in [0, 0.1) is 5.92 Å². The molecule has 1 saturated heterocycles. The van der Waals surface area contributed by atoms with E-state index < -0.39 is 0 Å². The number of quaternary nitrogens is 1. The zero-order valence-corrected chi connectivity index (χ0v) is 16.5. The number of likely N-dealkylation sites (tertiary alicyclic amines) is 1. The van der Waals surface area contributed by atoms with E-state index in [-0.39, 0.29) is 5.91 Å². The lowest BCUT2D eigenvalue weighted by molar-refractivity contribution is -0.910. The maximum absolute atomic E-state index is 12.7. The Morgan fingerprint density at radius 1 is 1.07 bits per heavy atom. The number of hydrogen-bond acceptors (Lipinski definition) is 3. The predicted octanol–water partition coefficient (Wildman–Crippen LogP) is 2.26. The topological polar surface area (TPSA) is 52.0 Å². The van der Waals surface area contributed by atoms with Crippen LogP contribution in [0.4, 0.5) is 0 Å². The first kappa shape index (κ1) is 18.6. The average Bonchev–Trinajstić information content (AvgIpc) is 2.99. The Balaban J connectivity index is 1.40. The zero-order valence-electron chi connectivity index (χ0n) is 16.5. The molecule has 3 aliphatic rings. The number of amides is 1. The van der Waals surface area contributed by atoms with Gasteiger partial charge in [-0.05, 0) is 37.0 Å². The molecule has 1 aromatic rings. The third-order valence-electron chi connectivity index (χ3n) is 6.50. The first-order valence-electron chi connectivity index (χ1n) is 10.7. The van der Waals surface area contributed by atoms with Gasteiger partial charge in [0.05, 0.1) is 19.8 Å². The summed E-state index contributed by atoms with van der Waals surface area (Å²) in [5.41, 5.74) is 1.27. The van der Waals surface area contributed by atoms with E-state index in [1.165, 1.54) is 36.1 Å². The van der Waals surface area contributed by atoms with Crippen molar-refractivity contribution < 1.29 is 19.2 Å². The molecule has 0 spiro atoms. The van der Waals surface area contributed by atoms with Crippen molar-refractivity contribution in [1.29, 1.82) is 0 Å². The summed E-state index contributed by atoms with van der Waals surface area (Å²) in [6.07, 6.45) is 8.13. The van der Waals surface area contributed by atoms with Crippen LogP contribution in [0.25, 0.3) is 0 Å². The Hall–Kier alpha value is -1.75. The smallest absolute Gasteiger partial charge is 0.275 e. The van der Waals surface area contributed by atoms with Gasteiger partial charge in [-0.2, -0.15) is 0 Å². The highest BCUT2D eigenvalue weighted by atomic mass is 16.5. The first-order chi connectivity index (χ1) is 13.2. The molecule has 2 N–H and O–H groups in total. The van der Waals surface area contributed by atoms with E-state index in [0.29, 0.717) is 37.8 Å². The molecule has 4 atom stereocenters. The molecule has 1 amide bonds. The van der Waals surface area contributed by atoms with Crippen molar-refractivity contribution in [3.63, 3.8) is 0 Å². The maximum Gasteiger partial charge on any atom is 0.275 e. The van der Waals surface area contributed by atoms with Gasteiger partial charge >= 0.3 is 0 Å². The van der Waals surface area contributed by atoms with Crippen LogP contribution in [-0.2, 0) is 4.79 Å². The fraction of sp³-hybridized carbons (Fsp3) is 0.682. The highest BCUT2D eigenvalue weighted by Gasteiger charge is 2.33. The van der Waals surface area contributed by atoms with Crippen molar-refractivity contribution in [3.05, 3.63) is 23.8 Å². The molecule has 5 nitrogen and oxygen atoms in total. The van der Waals surface area contributed by atoms with E-state index >= 15 is 0 Å². The van der Waals surface area contributed by atoms with Crippen LogP contribution in [0.15, 0.2) is 18.2 Å². The summed E-state index contributed by atoms with van der Waals surface area (Å²) in [6, 6.07) is 7.07. The predicted molar refractivity (Wildman–Crippen MR) is 104 cm³/mol. The quantitative estimate of drug-likeness (QED) is 0.851. The minimum atomic E-state index is 0.213. The van der Waals surface area contributed by atoms with Gasteiger partial charge < -0.3 is 19.7 Å². The third kappa shape index (κ3) is 4.40. The summed E-state index contributed by atoms with van der Waals surface area (Å²) >= 11 is 0. The Morgan fingerprint density at radius 3 is 2.74 bits per heavy atom. The first-order valence-corrected chi connectivity index (χ1v) is 10.7. The van der Waals surface area contributed by atoms with E-state index in [0.717, 1.165) is 37.3 Å². The molecule has 1 aliphatic carbocycles. The summed E-state index contributed by atoms with van der Waals surface area (Å²) in [5, 5.41) is 3.32. The largest absolute Gasteiger partial charge is 0.490 e. The van der Waals surface area contributed by atoms with Crippen LogP contribution >= 0.6 is 0 Å². The van der Waals surface area contributed by atoms with Crippen LogP contribution < -0.4 is 19.7 Å². The van der Waals surface area contributed by atoms with E-state index in [4.69, 9.17) is 9.47 Å². The van der Waals surface area contributed by atoms with Crippen LogP contribution in [0.1, 0.15) is 63.5 Å². The number of hydrogen-bond donors (Lipinski definition) is 2. The zero-order chi connectivity index (χ0) is 18.6. The normalized spacial score (nSPS) is 30.6. The Kier molecular flexibility index (Phi) is 5.86. The van der Waals surface area contributed by atoms with Gasteiger partial charge in [0.1, 0.15) is 6.04 Å². The van der Waals surface area contributed by atoms with Crippen molar-refractivity contribution in [2.24, 2.45) is 5.92 Å². The van der Waals surface area contributed by atoms with Gasteiger partial charge in [-0.15, -0.1) is 0 Å². The van der Waals surface area contributed by atoms with Crippen molar-refractivity contribution in [1.82, 2.24) is 5.32 Å². The van der Waals surface area contributed by atoms with Crippen LogP contribution in [0.2, 0.25) is 0 Å². The minimum absolute atomic E-state index is 0.213. The number of carbonyl (C=O) groups excluding carboxylic acids is 1. The monoisotopic (exact) mass is 373 g/mol. The standard InChI is InChI=1S/C22H32N2O3/c1-16-6-2-3-7-18(16)23-22(25)15-24-11-4-8-19(24)17-9-10-20-21(14-17)27-13-5-12-26-20/h9-10,14,16,18-19H,2-8,11-13,15H2,1H3,(H,23,25)/p+1/t16-,18-,19+/m0/s1. The molecule has 5 heteroatoms. The van der Waals surface area contributed by atoms with Crippen LogP contribution in [0.5, 0.6) is 11.5 Å². The van der Waals surface area contributed by atoms with E-state index in [9.17, 15) is 4.79 Å². The minimum Gasteiger partial charge on any atom is -0.490 e. The van der Waals surface area contributed by atoms with Gasteiger partial charge in [0, 0.05) is 30.9 Å². The molecule has 2 fully saturated rings. The summed E-state index contributed by atoms with van der Waals surface area (Å²) in [6.45, 7) is 5.33. The number of fused-ring (bicyclic) bond motifs is 1. The van der Waals surface area contributed by atoms with E-state index in [1.54, 1.807) is 0 Å². The van der Waals surface area contributed by atoms with Gasteiger partial charge in [0.2, 0.25) is 0 Å². The summed E-state index contributed by atoms with van der Waals surface area (Å²) in [5.74, 6) is 2.52. The number of rotatable bonds is 4. The molecule has 2 heterocycles. The molecule has 148 valence electrons. The Morgan fingerprint density at radius 2 is 1.89 bits per heavy atom. The molecular weight excluding hydrogens is 340 g/mol. The van der Waals surface area contributed by atoms with Crippen molar-refractivity contribution >= 4 is 5.91 Å². The second-order valence-electron chi connectivity index (χ2n) is 8.47. The van der Waals surface area contributed by atoms with Gasteiger partial charge in [-0.25, -0.2) is 0 Å². The average molecular weight is 374 g/mol. The fourth-order valence-electron chi connectivity index (χ4n) is 4.92. The van der Waals surface area contributed by atoms with Gasteiger partial charge in [-0.1, -0.05) is 19.8 Å². The number of benzene rings is 1. The van der Waals surface area contributed by atoms with Crippen LogP contribution in [0.3, 0.4) is 0 Å². The molecule has 2 aliphatic heterocycles. The molecule has 1 aromatic carbocycles.